The van der Waals surface area contributed by atoms with E-state index in [1.807, 2.05) is 32.2 Å². The van der Waals surface area contributed by atoms with Gasteiger partial charge >= 0.3 is 0 Å². The Morgan fingerprint density at radius 1 is 1.28 bits per heavy atom. The van der Waals surface area contributed by atoms with Gasteiger partial charge in [0, 0.05) is 12.0 Å². The maximum atomic E-state index is 5.91. The van der Waals surface area contributed by atoms with Gasteiger partial charge in [-0.1, -0.05) is 25.1 Å². The molecular weight excluding hydrogens is 226 g/mol. The van der Waals surface area contributed by atoms with Crippen molar-refractivity contribution in [1.29, 1.82) is 0 Å². The number of nitrogens with one attached hydrogen (secondary N) is 1. The quantitative estimate of drug-likeness (QED) is 0.848. The fourth-order valence-corrected chi connectivity index (χ4v) is 2.33. The molecule has 0 spiro atoms. The highest BCUT2D eigenvalue weighted by Gasteiger charge is 2.23. The van der Waals surface area contributed by atoms with Crippen molar-refractivity contribution in [2.75, 3.05) is 13.7 Å². The Hall–Kier alpha value is -1.32. The first kappa shape index (κ1) is 13.1. The molecule has 3 nitrogen and oxygen atoms in total. The highest BCUT2D eigenvalue weighted by Crippen LogP contribution is 2.27. The van der Waals surface area contributed by atoms with E-state index < -0.39 is 0 Å². The van der Waals surface area contributed by atoms with E-state index in [9.17, 15) is 0 Å². The predicted molar refractivity (Wildman–Crippen MR) is 73.7 cm³/mol. The van der Waals surface area contributed by atoms with Crippen LogP contribution in [0.2, 0.25) is 0 Å². The number of likely N-dealkylation sites (N-methyl/N-ethyl adjacent to an activating group) is 1. The van der Waals surface area contributed by atoms with Crippen LogP contribution in [0, 0.1) is 0 Å². The lowest BCUT2D eigenvalue weighted by Crippen LogP contribution is -2.31. The Bertz CT molecular complexity index is 459. The average Bonchev–Trinajstić information content (AvgIpc) is 2.82. The van der Waals surface area contributed by atoms with Crippen molar-refractivity contribution in [3.05, 3.63) is 36.1 Å². The van der Waals surface area contributed by atoms with Gasteiger partial charge in [0.1, 0.15) is 11.3 Å². The molecule has 1 aromatic carbocycles. The van der Waals surface area contributed by atoms with Crippen LogP contribution in [0.15, 0.2) is 34.7 Å². The molecule has 0 bridgehead atoms. The molecule has 0 radical (unpaired) electrons. The van der Waals surface area contributed by atoms with Gasteiger partial charge in [-0.25, -0.2) is 0 Å². The van der Waals surface area contributed by atoms with Crippen molar-refractivity contribution in [2.45, 2.75) is 32.4 Å². The van der Waals surface area contributed by atoms with Gasteiger partial charge in [-0.15, -0.1) is 0 Å². The fourth-order valence-electron chi connectivity index (χ4n) is 2.33. The van der Waals surface area contributed by atoms with Crippen molar-refractivity contribution in [2.24, 2.45) is 0 Å². The first-order valence-corrected chi connectivity index (χ1v) is 6.57. The second-order valence-corrected chi connectivity index (χ2v) is 4.35. The number of benzene rings is 1. The van der Waals surface area contributed by atoms with Crippen LogP contribution in [0.4, 0.5) is 0 Å². The summed E-state index contributed by atoms with van der Waals surface area (Å²) in [6, 6.07) is 10.3. The third-order valence-corrected chi connectivity index (χ3v) is 3.22. The Morgan fingerprint density at radius 2 is 2.06 bits per heavy atom. The van der Waals surface area contributed by atoms with E-state index in [0.29, 0.717) is 0 Å². The maximum absolute atomic E-state index is 5.91. The van der Waals surface area contributed by atoms with Crippen LogP contribution in [0.1, 0.15) is 32.1 Å². The first-order chi connectivity index (χ1) is 8.80. The van der Waals surface area contributed by atoms with E-state index in [0.717, 1.165) is 29.8 Å². The molecule has 2 aromatic rings. The lowest BCUT2D eigenvalue weighted by molar-refractivity contribution is 0.0283. The van der Waals surface area contributed by atoms with Crippen LogP contribution < -0.4 is 5.32 Å². The van der Waals surface area contributed by atoms with Crippen molar-refractivity contribution in [1.82, 2.24) is 5.32 Å². The van der Waals surface area contributed by atoms with Gasteiger partial charge in [-0.2, -0.15) is 0 Å². The van der Waals surface area contributed by atoms with Crippen molar-refractivity contribution < 1.29 is 9.15 Å². The van der Waals surface area contributed by atoms with E-state index in [1.165, 1.54) is 0 Å². The molecule has 0 aliphatic heterocycles. The lowest BCUT2D eigenvalue weighted by Gasteiger charge is -2.23. The number of hydrogen-bond acceptors (Lipinski definition) is 3. The highest BCUT2D eigenvalue weighted by molar-refractivity contribution is 5.77. The maximum Gasteiger partial charge on any atom is 0.134 e. The molecule has 0 aliphatic rings. The van der Waals surface area contributed by atoms with Gasteiger partial charge in [-0.05, 0) is 32.5 Å². The second-order valence-electron chi connectivity index (χ2n) is 4.35. The molecule has 2 atom stereocenters. The Labute approximate surface area is 108 Å². The van der Waals surface area contributed by atoms with E-state index in [2.05, 4.69) is 24.4 Å². The Kier molecular flexibility index (Phi) is 4.39. The molecule has 0 saturated heterocycles. The van der Waals surface area contributed by atoms with Gasteiger partial charge < -0.3 is 14.5 Å². The molecule has 1 heterocycles. The molecule has 98 valence electrons. The molecule has 0 amide bonds. The molecular formula is C15H21NO2. The Balaban J connectivity index is 2.30. The van der Waals surface area contributed by atoms with E-state index in [1.54, 1.807) is 0 Å². The smallest absolute Gasteiger partial charge is 0.134 e. The molecule has 0 aliphatic carbocycles. The summed E-state index contributed by atoms with van der Waals surface area (Å²) in [6.07, 6.45) is 1.09. The lowest BCUT2D eigenvalue weighted by atomic mass is 10.1. The number of para-hydroxylation sites is 1. The number of hydrogen-bond donors (Lipinski definition) is 1. The summed E-state index contributed by atoms with van der Waals surface area (Å²) in [7, 11) is 1.94. The summed E-state index contributed by atoms with van der Waals surface area (Å²) in [5.41, 5.74) is 0.930. The standard InChI is InChI=1S/C15H21NO2/c1-4-12(17-5-2)15(16-3)14-10-11-8-6-7-9-13(11)18-14/h6-10,12,15-16H,4-5H2,1-3H3. The second kappa shape index (κ2) is 6.03. The number of furan rings is 1. The van der Waals surface area contributed by atoms with E-state index in [-0.39, 0.29) is 12.1 Å². The zero-order valence-corrected chi connectivity index (χ0v) is 11.3. The summed E-state index contributed by atoms with van der Waals surface area (Å²) >= 11 is 0. The SMILES string of the molecule is CCOC(CC)C(NC)c1cc2ccccc2o1. The zero-order chi connectivity index (χ0) is 13.0. The average molecular weight is 247 g/mol. The Morgan fingerprint density at radius 3 is 2.67 bits per heavy atom. The van der Waals surface area contributed by atoms with E-state index in [4.69, 9.17) is 9.15 Å². The van der Waals surface area contributed by atoms with Crippen LogP contribution in [0.3, 0.4) is 0 Å². The molecule has 1 N–H and O–H groups in total. The van der Waals surface area contributed by atoms with Crippen molar-refractivity contribution in [3.8, 4) is 0 Å². The molecule has 2 rings (SSSR count). The predicted octanol–water partition coefficient (Wildman–Crippen LogP) is 3.51. The van der Waals surface area contributed by atoms with E-state index >= 15 is 0 Å². The minimum atomic E-state index is 0.0994. The van der Waals surface area contributed by atoms with Crippen molar-refractivity contribution in [3.63, 3.8) is 0 Å². The molecule has 0 fully saturated rings. The molecule has 1 aromatic heterocycles. The van der Waals surface area contributed by atoms with Gasteiger partial charge in [0.2, 0.25) is 0 Å². The van der Waals surface area contributed by atoms with Gasteiger partial charge in [0.15, 0.2) is 0 Å². The van der Waals surface area contributed by atoms with Crippen LogP contribution in [0.25, 0.3) is 11.0 Å². The third-order valence-electron chi connectivity index (χ3n) is 3.22. The normalized spacial score (nSPS) is 14.8. The van der Waals surface area contributed by atoms with Gasteiger partial charge in [-0.3, -0.25) is 0 Å². The molecule has 0 saturated carbocycles. The molecule has 18 heavy (non-hydrogen) atoms. The number of ether oxygens (including phenoxy) is 1. The number of fused-ring (bicyclic) bond motifs is 1. The topological polar surface area (TPSA) is 34.4 Å². The van der Waals surface area contributed by atoms with Crippen LogP contribution in [-0.2, 0) is 4.74 Å². The summed E-state index contributed by atoms with van der Waals surface area (Å²) in [5.74, 6) is 0.944. The monoisotopic (exact) mass is 247 g/mol. The zero-order valence-electron chi connectivity index (χ0n) is 11.3. The summed E-state index contributed by atoms with van der Waals surface area (Å²) in [6.45, 7) is 4.87. The summed E-state index contributed by atoms with van der Waals surface area (Å²) in [4.78, 5) is 0. The van der Waals surface area contributed by atoms with Crippen molar-refractivity contribution >= 4 is 11.0 Å². The molecule has 2 unspecified atom stereocenters. The first-order valence-electron chi connectivity index (χ1n) is 6.57. The largest absolute Gasteiger partial charge is 0.459 e. The van der Waals surface area contributed by atoms with Crippen LogP contribution in [0.5, 0.6) is 0 Å². The number of rotatable bonds is 6. The minimum Gasteiger partial charge on any atom is -0.459 e. The van der Waals surface area contributed by atoms with Crippen LogP contribution >= 0.6 is 0 Å². The molecule has 3 heteroatoms. The summed E-state index contributed by atoms with van der Waals surface area (Å²) in [5, 5.41) is 4.43. The van der Waals surface area contributed by atoms with Gasteiger partial charge in [0.25, 0.3) is 0 Å². The fraction of sp³-hybridized carbons (Fsp3) is 0.467. The van der Waals surface area contributed by atoms with Gasteiger partial charge in [0.05, 0.1) is 12.1 Å². The summed E-state index contributed by atoms with van der Waals surface area (Å²) < 4.78 is 11.7. The van der Waals surface area contributed by atoms with Crippen LogP contribution in [-0.4, -0.2) is 19.8 Å². The highest BCUT2D eigenvalue weighted by atomic mass is 16.5. The minimum absolute atomic E-state index is 0.0994. The third kappa shape index (κ3) is 2.57.